The standard InChI is InChI=1S/C15H13N3O2/c1-10-8-13-14(20-7-6-19-13)9-11(10)12-3-5-17-15(18-12)2-4-16/h3,5,8-9H,2,6-7H2,1H3. The number of aryl methyl sites for hydroxylation is 1. The Kier molecular flexibility index (Phi) is 3.21. The molecule has 0 bridgehead atoms. The Hall–Kier alpha value is -2.61. The summed E-state index contributed by atoms with van der Waals surface area (Å²) in [6, 6.07) is 7.78. The predicted molar refractivity (Wildman–Crippen MR) is 72.5 cm³/mol. The highest BCUT2D eigenvalue weighted by Gasteiger charge is 2.15. The van der Waals surface area contributed by atoms with E-state index < -0.39 is 0 Å². The molecule has 100 valence electrons. The quantitative estimate of drug-likeness (QED) is 0.835. The van der Waals surface area contributed by atoms with Gasteiger partial charge in [0.25, 0.3) is 0 Å². The molecule has 1 aromatic carbocycles. The van der Waals surface area contributed by atoms with Gasteiger partial charge in [-0.2, -0.15) is 5.26 Å². The molecule has 0 aliphatic carbocycles. The zero-order valence-electron chi connectivity index (χ0n) is 11.1. The molecular formula is C15H13N3O2. The fraction of sp³-hybridized carbons (Fsp3) is 0.267. The second-order valence-corrected chi connectivity index (χ2v) is 4.50. The molecule has 0 saturated carbocycles. The van der Waals surface area contributed by atoms with Gasteiger partial charge in [0.05, 0.1) is 18.2 Å². The SMILES string of the molecule is Cc1cc2c(cc1-c1ccnc(CC#N)n1)OCCO2. The van der Waals surface area contributed by atoms with Crippen molar-refractivity contribution in [3.05, 3.63) is 35.8 Å². The highest BCUT2D eigenvalue weighted by atomic mass is 16.6. The van der Waals surface area contributed by atoms with E-state index in [9.17, 15) is 0 Å². The van der Waals surface area contributed by atoms with Crippen LogP contribution in [0.25, 0.3) is 11.3 Å². The molecular weight excluding hydrogens is 254 g/mol. The Labute approximate surface area is 116 Å². The Bertz CT molecular complexity index is 692. The molecule has 20 heavy (non-hydrogen) atoms. The summed E-state index contributed by atoms with van der Waals surface area (Å²) in [5.74, 6) is 2.03. The average Bonchev–Trinajstić information content (AvgIpc) is 2.47. The number of aromatic nitrogens is 2. The number of nitrogens with zero attached hydrogens (tertiary/aromatic N) is 3. The number of ether oxygens (including phenoxy) is 2. The predicted octanol–water partition coefficient (Wildman–Crippen LogP) is 2.29. The largest absolute Gasteiger partial charge is 0.486 e. The van der Waals surface area contributed by atoms with Gasteiger partial charge in [-0.25, -0.2) is 9.97 Å². The third-order valence-electron chi connectivity index (χ3n) is 3.11. The Morgan fingerprint density at radius 3 is 2.75 bits per heavy atom. The minimum absolute atomic E-state index is 0.206. The van der Waals surface area contributed by atoms with Gasteiger partial charge in [-0.05, 0) is 30.7 Å². The summed E-state index contributed by atoms with van der Waals surface area (Å²) >= 11 is 0. The zero-order chi connectivity index (χ0) is 13.9. The van der Waals surface area contributed by atoms with Crippen molar-refractivity contribution < 1.29 is 9.47 Å². The minimum Gasteiger partial charge on any atom is -0.486 e. The zero-order valence-corrected chi connectivity index (χ0v) is 11.1. The molecule has 0 saturated heterocycles. The number of hydrogen-bond donors (Lipinski definition) is 0. The maximum atomic E-state index is 8.73. The van der Waals surface area contributed by atoms with Crippen LogP contribution < -0.4 is 9.47 Å². The summed E-state index contributed by atoms with van der Waals surface area (Å²) in [7, 11) is 0. The Morgan fingerprint density at radius 2 is 2.00 bits per heavy atom. The van der Waals surface area contributed by atoms with Crippen LogP contribution in [-0.2, 0) is 6.42 Å². The van der Waals surface area contributed by atoms with E-state index in [1.807, 2.05) is 25.1 Å². The lowest BCUT2D eigenvalue weighted by atomic mass is 10.0. The third-order valence-corrected chi connectivity index (χ3v) is 3.11. The second-order valence-electron chi connectivity index (χ2n) is 4.50. The van der Waals surface area contributed by atoms with Crippen molar-refractivity contribution in [2.75, 3.05) is 13.2 Å². The van der Waals surface area contributed by atoms with E-state index in [1.54, 1.807) is 6.20 Å². The summed E-state index contributed by atoms with van der Waals surface area (Å²) < 4.78 is 11.2. The van der Waals surface area contributed by atoms with E-state index in [4.69, 9.17) is 14.7 Å². The highest BCUT2D eigenvalue weighted by molar-refractivity contribution is 5.68. The van der Waals surface area contributed by atoms with Gasteiger partial charge in [0, 0.05) is 11.8 Å². The lowest BCUT2D eigenvalue weighted by molar-refractivity contribution is 0.171. The first-order valence-electron chi connectivity index (χ1n) is 6.37. The van der Waals surface area contributed by atoms with E-state index in [2.05, 4.69) is 16.0 Å². The van der Waals surface area contributed by atoms with Crippen LogP contribution in [0.5, 0.6) is 11.5 Å². The second kappa shape index (κ2) is 5.17. The summed E-state index contributed by atoms with van der Waals surface area (Å²) in [4.78, 5) is 8.49. The molecule has 0 spiro atoms. The van der Waals surface area contributed by atoms with Gasteiger partial charge in [-0.3, -0.25) is 0 Å². The molecule has 2 aromatic rings. The smallest absolute Gasteiger partial charge is 0.162 e. The van der Waals surface area contributed by atoms with Crippen molar-refractivity contribution in [1.29, 1.82) is 5.26 Å². The minimum atomic E-state index is 0.206. The molecule has 2 heterocycles. The first-order valence-corrected chi connectivity index (χ1v) is 6.37. The maximum Gasteiger partial charge on any atom is 0.162 e. The molecule has 1 aliphatic heterocycles. The van der Waals surface area contributed by atoms with E-state index in [-0.39, 0.29) is 6.42 Å². The summed E-state index contributed by atoms with van der Waals surface area (Å²) in [5, 5.41) is 8.73. The molecule has 0 radical (unpaired) electrons. The summed E-state index contributed by atoms with van der Waals surface area (Å²) in [6.07, 6.45) is 1.88. The molecule has 3 rings (SSSR count). The van der Waals surface area contributed by atoms with Gasteiger partial charge in [0.2, 0.25) is 0 Å². The van der Waals surface area contributed by atoms with Crippen LogP contribution in [0.15, 0.2) is 24.4 Å². The third kappa shape index (κ3) is 2.28. The van der Waals surface area contributed by atoms with Gasteiger partial charge in [0.1, 0.15) is 19.0 Å². The number of benzene rings is 1. The van der Waals surface area contributed by atoms with Gasteiger partial charge >= 0.3 is 0 Å². The summed E-state index contributed by atoms with van der Waals surface area (Å²) in [6.45, 7) is 3.13. The molecule has 1 aliphatic rings. The van der Waals surface area contributed by atoms with Crippen LogP contribution >= 0.6 is 0 Å². The first-order chi connectivity index (χ1) is 9.78. The van der Waals surface area contributed by atoms with Crippen molar-refractivity contribution in [2.24, 2.45) is 0 Å². The van der Waals surface area contributed by atoms with Gasteiger partial charge in [-0.15, -0.1) is 0 Å². The molecule has 0 N–H and O–H groups in total. The van der Waals surface area contributed by atoms with E-state index in [0.717, 1.165) is 28.3 Å². The molecule has 0 unspecified atom stereocenters. The van der Waals surface area contributed by atoms with Gasteiger partial charge in [-0.1, -0.05) is 0 Å². The van der Waals surface area contributed by atoms with Crippen molar-refractivity contribution >= 4 is 0 Å². The number of rotatable bonds is 2. The van der Waals surface area contributed by atoms with E-state index >= 15 is 0 Å². The van der Waals surface area contributed by atoms with E-state index in [0.29, 0.717) is 19.0 Å². The summed E-state index contributed by atoms with van der Waals surface area (Å²) in [5.41, 5.74) is 2.81. The topological polar surface area (TPSA) is 68.0 Å². The molecule has 1 aromatic heterocycles. The van der Waals surface area contributed by atoms with E-state index in [1.165, 1.54) is 0 Å². The number of fused-ring (bicyclic) bond motifs is 1. The van der Waals surface area contributed by atoms with Crippen molar-refractivity contribution in [3.8, 4) is 28.8 Å². The van der Waals surface area contributed by atoms with Crippen LogP contribution in [0.1, 0.15) is 11.4 Å². The van der Waals surface area contributed by atoms with Crippen molar-refractivity contribution in [3.63, 3.8) is 0 Å². The first kappa shape index (κ1) is 12.4. The van der Waals surface area contributed by atoms with Crippen LogP contribution in [-0.4, -0.2) is 23.2 Å². The number of hydrogen-bond acceptors (Lipinski definition) is 5. The molecule has 5 nitrogen and oxygen atoms in total. The monoisotopic (exact) mass is 267 g/mol. The fourth-order valence-corrected chi connectivity index (χ4v) is 2.17. The molecule has 0 amide bonds. The van der Waals surface area contributed by atoms with Gasteiger partial charge in [0.15, 0.2) is 11.5 Å². The highest BCUT2D eigenvalue weighted by Crippen LogP contribution is 2.36. The molecule has 0 atom stereocenters. The Balaban J connectivity index is 2.05. The molecule has 5 heteroatoms. The average molecular weight is 267 g/mol. The number of nitriles is 1. The van der Waals surface area contributed by atoms with Crippen molar-refractivity contribution in [1.82, 2.24) is 9.97 Å². The van der Waals surface area contributed by atoms with Gasteiger partial charge < -0.3 is 9.47 Å². The fourth-order valence-electron chi connectivity index (χ4n) is 2.17. The van der Waals surface area contributed by atoms with Crippen LogP contribution in [0.2, 0.25) is 0 Å². The molecule has 0 fully saturated rings. The van der Waals surface area contributed by atoms with Crippen molar-refractivity contribution in [2.45, 2.75) is 13.3 Å². The lowest BCUT2D eigenvalue weighted by Crippen LogP contribution is -2.15. The Morgan fingerprint density at radius 1 is 1.25 bits per heavy atom. The van der Waals surface area contributed by atoms with Crippen LogP contribution in [0.4, 0.5) is 0 Å². The van der Waals surface area contributed by atoms with Crippen LogP contribution in [0, 0.1) is 18.3 Å². The lowest BCUT2D eigenvalue weighted by Gasteiger charge is -2.20. The maximum absolute atomic E-state index is 8.73. The van der Waals surface area contributed by atoms with Crippen LogP contribution in [0.3, 0.4) is 0 Å². The normalized spacial score (nSPS) is 12.8.